The maximum atomic E-state index is 13.1. The number of hydrogen-bond acceptors (Lipinski definition) is 6. The number of anilines is 1. The molecule has 7 heteroatoms. The molecule has 1 aliphatic rings. The highest BCUT2D eigenvalue weighted by molar-refractivity contribution is 6.51. The van der Waals surface area contributed by atoms with Crippen LogP contribution in [0.1, 0.15) is 17.2 Å². The Bertz CT molecular complexity index is 1200. The Morgan fingerprint density at radius 2 is 1.53 bits per heavy atom. The molecule has 1 saturated heterocycles. The van der Waals surface area contributed by atoms with Crippen molar-refractivity contribution < 1.29 is 29.3 Å². The molecule has 32 heavy (non-hydrogen) atoms. The second-order valence-electron chi connectivity index (χ2n) is 7.17. The van der Waals surface area contributed by atoms with Gasteiger partial charge in [-0.05, 0) is 42.0 Å². The van der Waals surface area contributed by atoms with Crippen molar-refractivity contribution in [1.82, 2.24) is 0 Å². The molecule has 0 aromatic heterocycles. The van der Waals surface area contributed by atoms with E-state index in [0.717, 1.165) is 0 Å². The number of ketones is 1. The van der Waals surface area contributed by atoms with E-state index in [1.165, 1.54) is 43.4 Å². The Kier molecular flexibility index (Phi) is 5.55. The Hall–Kier alpha value is -4.26. The van der Waals surface area contributed by atoms with Crippen LogP contribution < -0.4 is 14.4 Å². The van der Waals surface area contributed by atoms with Crippen LogP contribution in [0.2, 0.25) is 0 Å². The zero-order chi connectivity index (χ0) is 22.8. The van der Waals surface area contributed by atoms with Crippen LogP contribution in [0.25, 0.3) is 5.76 Å². The lowest BCUT2D eigenvalue weighted by Gasteiger charge is -2.26. The SMILES string of the molecule is COc1ccc(C2/C(=C(/O)c3ccccc3)C(=O)C(=O)N2c2ccc(O)cc2)cc1OC. The van der Waals surface area contributed by atoms with Crippen molar-refractivity contribution >= 4 is 23.1 Å². The van der Waals surface area contributed by atoms with Crippen LogP contribution in [0.3, 0.4) is 0 Å². The summed E-state index contributed by atoms with van der Waals surface area (Å²) in [5, 5.41) is 20.7. The highest BCUT2D eigenvalue weighted by Crippen LogP contribution is 2.44. The van der Waals surface area contributed by atoms with Gasteiger partial charge in [-0.1, -0.05) is 36.4 Å². The third-order valence-electron chi connectivity index (χ3n) is 5.34. The highest BCUT2D eigenvalue weighted by atomic mass is 16.5. The molecule has 0 saturated carbocycles. The van der Waals surface area contributed by atoms with Crippen molar-refractivity contribution in [2.24, 2.45) is 0 Å². The van der Waals surface area contributed by atoms with E-state index in [1.807, 2.05) is 0 Å². The summed E-state index contributed by atoms with van der Waals surface area (Å²) < 4.78 is 10.7. The minimum absolute atomic E-state index is 0.0253. The van der Waals surface area contributed by atoms with E-state index in [0.29, 0.717) is 28.3 Å². The quantitative estimate of drug-likeness (QED) is 0.360. The first kappa shape index (κ1) is 21.0. The number of nitrogens with zero attached hydrogens (tertiary/aromatic N) is 1. The summed E-state index contributed by atoms with van der Waals surface area (Å²) in [6, 6.07) is 18.6. The van der Waals surface area contributed by atoms with Gasteiger partial charge in [-0.25, -0.2) is 0 Å². The fraction of sp³-hybridized carbons (Fsp3) is 0.120. The first-order valence-corrected chi connectivity index (χ1v) is 9.83. The Labute approximate surface area is 184 Å². The molecule has 7 nitrogen and oxygen atoms in total. The predicted octanol–water partition coefficient (Wildman–Crippen LogP) is 4.04. The average molecular weight is 431 g/mol. The average Bonchev–Trinajstić information content (AvgIpc) is 3.09. The molecular formula is C25H21NO6. The lowest BCUT2D eigenvalue weighted by atomic mass is 9.94. The second kappa shape index (κ2) is 8.47. The molecule has 1 fully saturated rings. The number of methoxy groups -OCH3 is 2. The van der Waals surface area contributed by atoms with Crippen molar-refractivity contribution in [2.75, 3.05) is 19.1 Å². The van der Waals surface area contributed by atoms with Crippen LogP contribution >= 0.6 is 0 Å². The van der Waals surface area contributed by atoms with Crippen LogP contribution in [0.15, 0.2) is 78.4 Å². The number of phenols is 1. The second-order valence-corrected chi connectivity index (χ2v) is 7.17. The molecule has 3 aromatic rings. The van der Waals surface area contributed by atoms with Gasteiger partial charge in [0.15, 0.2) is 11.5 Å². The summed E-state index contributed by atoms with van der Waals surface area (Å²) in [4.78, 5) is 27.5. The van der Waals surface area contributed by atoms with Crippen molar-refractivity contribution in [3.63, 3.8) is 0 Å². The molecule has 1 heterocycles. The van der Waals surface area contributed by atoms with E-state index in [-0.39, 0.29) is 17.1 Å². The minimum Gasteiger partial charge on any atom is -0.508 e. The van der Waals surface area contributed by atoms with E-state index < -0.39 is 17.7 Å². The zero-order valence-corrected chi connectivity index (χ0v) is 17.5. The topological polar surface area (TPSA) is 96.3 Å². The summed E-state index contributed by atoms with van der Waals surface area (Å²) in [6.45, 7) is 0. The molecule has 2 N–H and O–H groups in total. The largest absolute Gasteiger partial charge is 0.508 e. The number of carbonyl (C=O) groups excluding carboxylic acids is 2. The van der Waals surface area contributed by atoms with Gasteiger partial charge in [0, 0.05) is 11.3 Å². The zero-order valence-electron chi connectivity index (χ0n) is 17.5. The van der Waals surface area contributed by atoms with E-state index in [1.54, 1.807) is 48.5 Å². The monoisotopic (exact) mass is 431 g/mol. The maximum absolute atomic E-state index is 13.1. The summed E-state index contributed by atoms with van der Waals surface area (Å²) in [6.07, 6.45) is 0. The number of amides is 1. The molecule has 1 amide bonds. The number of aliphatic hydroxyl groups excluding tert-OH is 1. The normalized spacial score (nSPS) is 17.4. The molecule has 162 valence electrons. The molecule has 0 bridgehead atoms. The number of hydrogen-bond donors (Lipinski definition) is 2. The molecule has 0 spiro atoms. The summed E-state index contributed by atoms with van der Waals surface area (Å²) >= 11 is 0. The smallest absolute Gasteiger partial charge is 0.300 e. The lowest BCUT2D eigenvalue weighted by molar-refractivity contribution is -0.132. The van der Waals surface area contributed by atoms with Crippen molar-refractivity contribution in [3.05, 3.63) is 89.5 Å². The number of Topliss-reactive ketones (excluding diaryl/α,β-unsaturated/α-hetero) is 1. The fourth-order valence-corrected chi connectivity index (χ4v) is 3.80. The number of aliphatic hydroxyl groups is 1. The summed E-state index contributed by atoms with van der Waals surface area (Å²) in [7, 11) is 3.00. The van der Waals surface area contributed by atoms with Crippen molar-refractivity contribution in [3.8, 4) is 17.2 Å². The molecule has 1 atom stereocenters. The molecule has 4 rings (SSSR count). The third kappa shape index (κ3) is 3.54. The van der Waals surface area contributed by atoms with Crippen molar-refractivity contribution in [2.45, 2.75) is 6.04 Å². The number of rotatable bonds is 5. The van der Waals surface area contributed by atoms with Gasteiger partial charge >= 0.3 is 0 Å². The van der Waals surface area contributed by atoms with E-state index in [2.05, 4.69) is 0 Å². The highest BCUT2D eigenvalue weighted by Gasteiger charge is 2.47. The molecule has 0 radical (unpaired) electrons. The van der Waals surface area contributed by atoms with Gasteiger partial charge in [-0.15, -0.1) is 0 Å². The molecule has 3 aromatic carbocycles. The van der Waals surface area contributed by atoms with E-state index in [9.17, 15) is 19.8 Å². The van der Waals surface area contributed by atoms with Crippen LogP contribution in [0.5, 0.6) is 17.2 Å². The van der Waals surface area contributed by atoms with Gasteiger partial charge in [0.05, 0.1) is 25.8 Å². The number of aromatic hydroxyl groups is 1. The van der Waals surface area contributed by atoms with Gasteiger partial charge in [0.1, 0.15) is 11.5 Å². The third-order valence-corrected chi connectivity index (χ3v) is 5.34. The predicted molar refractivity (Wildman–Crippen MR) is 119 cm³/mol. The Balaban J connectivity index is 1.96. The van der Waals surface area contributed by atoms with Crippen LogP contribution in [-0.4, -0.2) is 36.1 Å². The molecule has 0 aliphatic carbocycles. The van der Waals surface area contributed by atoms with Crippen LogP contribution in [0, 0.1) is 0 Å². The number of carbonyl (C=O) groups is 2. The number of benzene rings is 3. The lowest BCUT2D eigenvalue weighted by Crippen LogP contribution is -2.29. The van der Waals surface area contributed by atoms with E-state index in [4.69, 9.17) is 9.47 Å². The molecular weight excluding hydrogens is 410 g/mol. The van der Waals surface area contributed by atoms with Gasteiger partial charge < -0.3 is 19.7 Å². The van der Waals surface area contributed by atoms with Crippen LogP contribution in [-0.2, 0) is 9.59 Å². The van der Waals surface area contributed by atoms with Gasteiger partial charge in [0.25, 0.3) is 11.7 Å². The number of ether oxygens (including phenoxy) is 2. The Morgan fingerprint density at radius 1 is 0.875 bits per heavy atom. The molecule has 1 unspecified atom stereocenters. The van der Waals surface area contributed by atoms with Crippen LogP contribution in [0.4, 0.5) is 5.69 Å². The van der Waals surface area contributed by atoms with Gasteiger partial charge in [-0.3, -0.25) is 14.5 Å². The number of phenolic OH excluding ortho intramolecular Hbond substituents is 1. The Morgan fingerprint density at radius 3 is 2.16 bits per heavy atom. The first-order chi connectivity index (χ1) is 15.5. The van der Waals surface area contributed by atoms with E-state index >= 15 is 0 Å². The first-order valence-electron chi connectivity index (χ1n) is 9.83. The minimum atomic E-state index is -0.917. The van der Waals surface area contributed by atoms with Gasteiger partial charge in [-0.2, -0.15) is 0 Å². The molecule has 1 aliphatic heterocycles. The standard InChI is InChI=1S/C25H21NO6/c1-31-19-13-8-16(14-20(19)32-2)22-21(23(28)15-6-4-3-5-7-15)24(29)25(30)26(22)17-9-11-18(27)12-10-17/h3-14,22,27-28H,1-2H3/b23-21-. The maximum Gasteiger partial charge on any atom is 0.300 e. The summed E-state index contributed by atoms with van der Waals surface area (Å²) in [5.41, 5.74) is 1.33. The van der Waals surface area contributed by atoms with Crippen molar-refractivity contribution in [1.29, 1.82) is 0 Å². The van der Waals surface area contributed by atoms with Gasteiger partial charge in [0.2, 0.25) is 0 Å². The fourth-order valence-electron chi connectivity index (χ4n) is 3.80. The summed E-state index contributed by atoms with van der Waals surface area (Å²) in [5.74, 6) is -0.934.